The molecular weight excluding hydrogens is 378 g/mol. The summed E-state index contributed by atoms with van der Waals surface area (Å²) in [6.07, 6.45) is -0.0107. The number of carbonyl (C=O) groups is 1. The van der Waals surface area contributed by atoms with E-state index in [4.69, 9.17) is 14.0 Å². The Balaban J connectivity index is 2.35. The van der Waals surface area contributed by atoms with Crippen LogP contribution < -0.4 is 0 Å². The summed E-state index contributed by atoms with van der Waals surface area (Å²) in [7, 11) is -0.727. The fourth-order valence-electron chi connectivity index (χ4n) is 2.61. The van der Waals surface area contributed by atoms with Gasteiger partial charge in [0.05, 0.1) is 24.2 Å². The average Bonchev–Trinajstić information content (AvgIpc) is 2.65. The Kier molecular flexibility index (Phi) is 5.77. The van der Waals surface area contributed by atoms with Crippen molar-refractivity contribution in [2.75, 3.05) is 6.61 Å². The van der Waals surface area contributed by atoms with E-state index in [9.17, 15) is 9.18 Å². The third-order valence-corrected chi connectivity index (χ3v) is 5.15. The van der Waals surface area contributed by atoms with Crippen LogP contribution in [0, 0.1) is 5.82 Å². The molecule has 1 saturated heterocycles. The zero-order chi connectivity index (χ0) is 18.1. The van der Waals surface area contributed by atoms with Crippen LogP contribution in [-0.4, -0.2) is 30.9 Å². The normalized spacial score (nSPS) is 20.0. The molecule has 0 radical (unpaired) electrons. The molecular formula is C17H23BBrFO4. The zero-order valence-corrected chi connectivity index (χ0v) is 16.3. The Morgan fingerprint density at radius 2 is 1.88 bits per heavy atom. The summed E-state index contributed by atoms with van der Waals surface area (Å²) in [6.45, 7) is 9.71. The minimum atomic E-state index is -0.727. The summed E-state index contributed by atoms with van der Waals surface area (Å²) >= 11 is 3.25. The number of rotatable bonds is 5. The fraction of sp³-hybridized carbons (Fsp3) is 0.588. The molecule has 1 unspecified atom stereocenters. The standard InChI is InChI=1S/C17H23BBrFO4/c1-6-22-15(21)10-13(12-8-7-11(19)9-14(12)20)18-23-16(2,3)17(4,5)24-18/h7-9,13H,6,10H2,1-5H3. The molecule has 24 heavy (non-hydrogen) atoms. The second-order valence-electron chi connectivity index (χ2n) is 6.91. The smallest absolute Gasteiger partial charge is 0.466 e. The Morgan fingerprint density at radius 3 is 2.38 bits per heavy atom. The molecule has 2 rings (SSSR count). The van der Waals surface area contributed by atoms with E-state index >= 15 is 0 Å². The molecule has 0 spiro atoms. The number of carbonyl (C=O) groups excluding carboxylic acids is 1. The van der Waals surface area contributed by atoms with E-state index in [1.54, 1.807) is 19.1 Å². The lowest BCUT2D eigenvalue weighted by atomic mass is 9.66. The highest BCUT2D eigenvalue weighted by Crippen LogP contribution is 2.42. The molecule has 0 aromatic heterocycles. The van der Waals surface area contributed by atoms with Crippen LogP contribution in [0.1, 0.15) is 52.4 Å². The molecule has 4 nitrogen and oxygen atoms in total. The van der Waals surface area contributed by atoms with Crippen LogP contribution in [0.4, 0.5) is 4.39 Å². The number of esters is 1. The topological polar surface area (TPSA) is 44.8 Å². The van der Waals surface area contributed by atoms with Gasteiger partial charge in [-0.25, -0.2) is 4.39 Å². The minimum Gasteiger partial charge on any atom is -0.466 e. The van der Waals surface area contributed by atoms with Crippen molar-refractivity contribution < 1.29 is 23.2 Å². The van der Waals surface area contributed by atoms with E-state index in [1.165, 1.54) is 6.07 Å². The first-order chi connectivity index (χ1) is 11.1. The van der Waals surface area contributed by atoms with Crippen LogP contribution in [0.5, 0.6) is 0 Å². The van der Waals surface area contributed by atoms with Crippen LogP contribution in [0.15, 0.2) is 22.7 Å². The molecule has 0 bridgehead atoms. The molecule has 0 saturated carbocycles. The van der Waals surface area contributed by atoms with Gasteiger partial charge in [-0.1, -0.05) is 22.0 Å². The van der Waals surface area contributed by atoms with Crippen molar-refractivity contribution >= 4 is 29.0 Å². The van der Waals surface area contributed by atoms with Gasteiger partial charge in [-0.3, -0.25) is 4.79 Å². The lowest BCUT2D eigenvalue weighted by Crippen LogP contribution is -2.41. The molecule has 1 fully saturated rings. The highest BCUT2D eigenvalue weighted by atomic mass is 79.9. The van der Waals surface area contributed by atoms with Gasteiger partial charge in [0.15, 0.2) is 0 Å². The Bertz CT molecular complexity index is 605. The molecule has 0 aliphatic carbocycles. The third-order valence-electron chi connectivity index (χ3n) is 4.65. The number of ether oxygens (including phenoxy) is 1. The summed E-state index contributed by atoms with van der Waals surface area (Å²) in [5, 5.41) is 0. The Morgan fingerprint density at radius 1 is 1.29 bits per heavy atom. The summed E-state index contributed by atoms with van der Waals surface area (Å²) < 4.78 is 32.2. The van der Waals surface area contributed by atoms with Crippen LogP contribution in [0.2, 0.25) is 0 Å². The van der Waals surface area contributed by atoms with E-state index in [1.807, 2.05) is 27.7 Å². The minimum absolute atomic E-state index is 0.0107. The van der Waals surface area contributed by atoms with Crippen molar-refractivity contribution in [3.8, 4) is 0 Å². The van der Waals surface area contributed by atoms with Crippen molar-refractivity contribution in [1.82, 2.24) is 0 Å². The lowest BCUT2D eigenvalue weighted by Gasteiger charge is -2.32. The van der Waals surface area contributed by atoms with E-state index in [2.05, 4.69) is 15.9 Å². The molecule has 1 atom stereocenters. The van der Waals surface area contributed by atoms with E-state index in [0.717, 1.165) is 0 Å². The van der Waals surface area contributed by atoms with Gasteiger partial charge in [0.1, 0.15) is 5.82 Å². The van der Waals surface area contributed by atoms with E-state index < -0.39 is 35.9 Å². The van der Waals surface area contributed by atoms with Gasteiger partial charge in [0.25, 0.3) is 0 Å². The van der Waals surface area contributed by atoms with Gasteiger partial charge in [-0.2, -0.15) is 0 Å². The first-order valence-corrected chi connectivity index (χ1v) is 8.83. The highest BCUT2D eigenvalue weighted by molar-refractivity contribution is 9.10. The molecule has 0 amide bonds. The van der Waals surface area contributed by atoms with Crippen LogP contribution in [0.3, 0.4) is 0 Å². The van der Waals surface area contributed by atoms with E-state index in [-0.39, 0.29) is 13.0 Å². The quantitative estimate of drug-likeness (QED) is 0.547. The Hall–Kier alpha value is -0.915. The van der Waals surface area contributed by atoms with Crippen LogP contribution in [-0.2, 0) is 18.8 Å². The molecule has 1 aliphatic rings. The van der Waals surface area contributed by atoms with E-state index in [0.29, 0.717) is 10.0 Å². The van der Waals surface area contributed by atoms with Crippen molar-refractivity contribution in [3.63, 3.8) is 0 Å². The molecule has 0 N–H and O–H groups in total. The maximum absolute atomic E-state index is 14.5. The summed E-state index contributed by atoms with van der Waals surface area (Å²) in [5.74, 6) is -1.40. The summed E-state index contributed by atoms with van der Waals surface area (Å²) in [5.41, 5.74) is -0.739. The number of halogens is 2. The molecule has 1 aromatic carbocycles. The lowest BCUT2D eigenvalue weighted by molar-refractivity contribution is -0.143. The second kappa shape index (κ2) is 7.14. The number of hydrogen-bond acceptors (Lipinski definition) is 4. The van der Waals surface area contributed by atoms with Crippen molar-refractivity contribution in [2.24, 2.45) is 0 Å². The van der Waals surface area contributed by atoms with Gasteiger partial charge in [-0.15, -0.1) is 0 Å². The third kappa shape index (κ3) is 4.00. The summed E-state index contributed by atoms with van der Waals surface area (Å²) in [4.78, 5) is 12.0. The average molecular weight is 401 g/mol. The number of hydrogen-bond donors (Lipinski definition) is 0. The fourth-order valence-corrected chi connectivity index (χ4v) is 2.94. The molecule has 132 valence electrons. The van der Waals surface area contributed by atoms with Gasteiger partial charge in [0.2, 0.25) is 0 Å². The SMILES string of the molecule is CCOC(=O)CC(B1OC(C)(C)C(C)(C)O1)c1ccc(Br)cc1F. The number of benzene rings is 1. The second-order valence-corrected chi connectivity index (χ2v) is 7.82. The van der Waals surface area contributed by atoms with Crippen LogP contribution in [0.25, 0.3) is 0 Å². The maximum atomic E-state index is 14.5. The Labute approximate surface area is 151 Å². The largest absolute Gasteiger partial charge is 0.466 e. The molecule has 1 aromatic rings. The zero-order valence-electron chi connectivity index (χ0n) is 14.7. The predicted molar refractivity (Wildman–Crippen MR) is 94.2 cm³/mol. The van der Waals surface area contributed by atoms with Gasteiger partial charge < -0.3 is 14.0 Å². The van der Waals surface area contributed by atoms with Crippen LogP contribution >= 0.6 is 15.9 Å². The van der Waals surface area contributed by atoms with Crippen molar-refractivity contribution in [1.29, 1.82) is 0 Å². The van der Waals surface area contributed by atoms with Crippen molar-refractivity contribution in [2.45, 2.75) is 58.1 Å². The first-order valence-electron chi connectivity index (χ1n) is 8.03. The predicted octanol–water partition coefficient (Wildman–Crippen LogP) is 4.26. The van der Waals surface area contributed by atoms with Gasteiger partial charge in [0, 0.05) is 10.3 Å². The monoisotopic (exact) mass is 400 g/mol. The van der Waals surface area contributed by atoms with Gasteiger partial charge >= 0.3 is 13.1 Å². The molecule has 1 heterocycles. The molecule has 7 heteroatoms. The molecule has 1 aliphatic heterocycles. The van der Waals surface area contributed by atoms with Crippen molar-refractivity contribution in [3.05, 3.63) is 34.1 Å². The van der Waals surface area contributed by atoms with Gasteiger partial charge in [-0.05, 0) is 52.3 Å². The maximum Gasteiger partial charge on any atom is 0.466 e. The first kappa shape index (κ1) is 19.4. The summed E-state index contributed by atoms with van der Waals surface area (Å²) in [6, 6.07) is 4.76. The highest BCUT2D eigenvalue weighted by Gasteiger charge is 2.54.